The van der Waals surface area contributed by atoms with Crippen LogP contribution >= 0.6 is 0 Å². The van der Waals surface area contributed by atoms with E-state index in [1.54, 1.807) is 10.9 Å². The van der Waals surface area contributed by atoms with E-state index >= 15 is 0 Å². The van der Waals surface area contributed by atoms with E-state index in [4.69, 9.17) is 4.42 Å². The molecule has 132 valence electrons. The maximum absolute atomic E-state index is 11.4. The maximum Gasteiger partial charge on any atom is 0.433 e. The Bertz CT molecular complexity index is 1110. The van der Waals surface area contributed by atoms with E-state index in [0.717, 1.165) is 16.8 Å². The van der Waals surface area contributed by atoms with Gasteiger partial charge >= 0.3 is 5.88 Å². The van der Waals surface area contributed by atoms with E-state index in [9.17, 15) is 14.9 Å². The van der Waals surface area contributed by atoms with E-state index in [-0.39, 0.29) is 17.0 Å². The van der Waals surface area contributed by atoms with E-state index in [2.05, 4.69) is 5.10 Å². The summed E-state index contributed by atoms with van der Waals surface area (Å²) in [5.74, 6) is -0.230. The van der Waals surface area contributed by atoms with Crippen molar-refractivity contribution in [1.29, 1.82) is 0 Å². The Hall–Kier alpha value is -4.00. The van der Waals surface area contributed by atoms with Gasteiger partial charge in [-0.05, 0) is 29.3 Å². The third-order valence-corrected chi connectivity index (χ3v) is 4.11. The number of furan rings is 1. The molecular formula is C20H13N3O4. The predicted molar refractivity (Wildman–Crippen MR) is 98.7 cm³/mol. The molecule has 2 aromatic carbocycles. The van der Waals surface area contributed by atoms with Crippen molar-refractivity contribution in [2.24, 2.45) is 0 Å². The van der Waals surface area contributed by atoms with Gasteiger partial charge in [-0.15, -0.1) is 0 Å². The quantitative estimate of drug-likeness (QED) is 0.297. The van der Waals surface area contributed by atoms with Crippen molar-refractivity contribution < 1.29 is 14.1 Å². The van der Waals surface area contributed by atoms with Crippen LogP contribution in [0.2, 0.25) is 0 Å². The summed E-state index contributed by atoms with van der Waals surface area (Å²) in [7, 11) is 0. The van der Waals surface area contributed by atoms with Crippen LogP contribution in [0.4, 0.5) is 5.88 Å². The minimum atomic E-state index is -0.636. The first-order valence-corrected chi connectivity index (χ1v) is 8.11. The van der Waals surface area contributed by atoms with Gasteiger partial charge < -0.3 is 4.42 Å². The fraction of sp³-hybridized carbons (Fsp3) is 0. The molecule has 0 amide bonds. The summed E-state index contributed by atoms with van der Waals surface area (Å²) in [5.41, 5.74) is 3.45. The highest BCUT2D eigenvalue weighted by molar-refractivity contribution is 5.84. The molecule has 0 aliphatic carbocycles. The summed E-state index contributed by atoms with van der Waals surface area (Å²) < 4.78 is 6.71. The monoisotopic (exact) mass is 359 g/mol. The maximum atomic E-state index is 11.4. The summed E-state index contributed by atoms with van der Waals surface area (Å²) in [6.07, 6.45) is 2.21. The third-order valence-electron chi connectivity index (χ3n) is 4.11. The van der Waals surface area contributed by atoms with Crippen molar-refractivity contribution in [2.75, 3.05) is 0 Å². The first-order valence-electron chi connectivity index (χ1n) is 8.11. The molecule has 0 unspecified atom stereocenters. The van der Waals surface area contributed by atoms with E-state index in [0.29, 0.717) is 6.29 Å². The van der Waals surface area contributed by atoms with Gasteiger partial charge in [0.2, 0.25) is 0 Å². The molecule has 0 atom stereocenters. The van der Waals surface area contributed by atoms with Crippen molar-refractivity contribution in [3.8, 4) is 28.3 Å². The summed E-state index contributed by atoms with van der Waals surface area (Å²) in [6.45, 7) is 0. The zero-order chi connectivity index (χ0) is 18.8. The highest BCUT2D eigenvalue weighted by Gasteiger charge is 2.19. The Morgan fingerprint density at radius 1 is 0.963 bits per heavy atom. The van der Waals surface area contributed by atoms with Gasteiger partial charge in [0.05, 0.1) is 17.3 Å². The summed E-state index contributed by atoms with van der Waals surface area (Å²) in [6, 6.07) is 20.3. The first kappa shape index (κ1) is 16.5. The number of hydrogen-bond acceptors (Lipinski definition) is 5. The molecule has 0 fully saturated rings. The Morgan fingerprint density at radius 3 is 2.30 bits per heavy atom. The summed E-state index contributed by atoms with van der Waals surface area (Å²) in [5, 5.41) is 15.2. The molecule has 0 radical (unpaired) electrons. The van der Waals surface area contributed by atoms with Crippen LogP contribution in [0.5, 0.6) is 0 Å². The molecule has 0 spiro atoms. The average Bonchev–Trinajstić information content (AvgIpc) is 3.36. The van der Waals surface area contributed by atoms with E-state index in [1.807, 2.05) is 54.6 Å². The van der Waals surface area contributed by atoms with Gasteiger partial charge in [0.15, 0.2) is 12.0 Å². The molecular weight excluding hydrogens is 346 g/mol. The molecule has 0 aliphatic rings. The van der Waals surface area contributed by atoms with Gasteiger partial charge in [0.1, 0.15) is 10.6 Å². The third kappa shape index (κ3) is 3.13. The van der Waals surface area contributed by atoms with Crippen molar-refractivity contribution in [2.45, 2.75) is 0 Å². The summed E-state index contributed by atoms with van der Waals surface area (Å²) in [4.78, 5) is 21.6. The molecule has 7 heteroatoms. The molecule has 0 bridgehead atoms. The van der Waals surface area contributed by atoms with E-state index in [1.165, 1.54) is 12.1 Å². The van der Waals surface area contributed by atoms with Gasteiger partial charge in [-0.1, -0.05) is 42.5 Å². The zero-order valence-corrected chi connectivity index (χ0v) is 14.0. The second kappa shape index (κ2) is 6.72. The standard InChI is InChI=1S/C20H13N3O4/c24-13-16-12-22(21-20(16)18-10-11-19(27-18)23(25)26)17-8-6-15(7-9-17)14-4-2-1-3-5-14/h1-13H. The number of hydrogen-bond donors (Lipinski definition) is 0. The molecule has 0 saturated carbocycles. The fourth-order valence-corrected chi connectivity index (χ4v) is 2.79. The van der Waals surface area contributed by atoms with Crippen molar-refractivity contribution in [1.82, 2.24) is 9.78 Å². The van der Waals surface area contributed by atoms with Crippen LogP contribution in [-0.4, -0.2) is 21.0 Å². The van der Waals surface area contributed by atoms with Gasteiger partial charge in [0.25, 0.3) is 0 Å². The van der Waals surface area contributed by atoms with Gasteiger partial charge in [-0.3, -0.25) is 14.9 Å². The zero-order valence-electron chi connectivity index (χ0n) is 14.0. The predicted octanol–water partition coefficient (Wildman–Crippen LogP) is 4.52. The molecule has 2 aromatic heterocycles. The highest BCUT2D eigenvalue weighted by atomic mass is 16.6. The topological polar surface area (TPSA) is 91.2 Å². The smallest absolute Gasteiger partial charge is 0.399 e. The minimum Gasteiger partial charge on any atom is -0.399 e. The van der Waals surface area contributed by atoms with Crippen molar-refractivity contribution in [3.05, 3.63) is 88.6 Å². The minimum absolute atomic E-state index is 0.170. The number of aldehydes is 1. The van der Waals surface area contributed by atoms with Crippen molar-refractivity contribution >= 4 is 12.2 Å². The average molecular weight is 359 g/mol. The molecule has 4 aromatic rings. The van der Waals surface area contributed by atoms with Gasteiger partial charge in [0, 0.05) is 6.20 Å². The van der Waals surface area contributed by atoms with Crippen molar-refractivity contribution in [3.63, 3.8) is 0 Å². The second-order valence-electron chi connectivity index (χ2n) is 5.80. The van der Waals surface area contributed by atoms with Crippen LogP contribution in [0.1, 0.15) is 10.4 Å². The SMILES string of the molecule is O=Cc1cn(-c2ccc(-c3ccccc3)cc2)nc1-c1ccc([N+](=O)[O-])o1. The first-order chi connectivity index (χ1) is 13.2. The highest BCUT2D eigenvalue weighted by Crippen LogP contribution is 2.28. The van der Waals surface area contributed by atoms with Gasteiger partial charge in [-0.2, -0.15) is 5.10 Å². The Balaban J connectivity index is 1.69. The van der Waals surface area contributed by atoms with E-state index < -0.39 is 10.8 Å². The number of nitro groups is 1. The van der Waals surface area contributed by atoms with Crippen LogP contribution < -0.4 is 0 Å². The molecule has 7 nitrogen and oxygen atoms in total. The molecule has 4 rings (SSSR count). The Morgan fingerprint density at radius 2 is 1.67 bits per heavy atom. The Labute approximate surface area is 153 Å². The van der Waals surface area contributed by atoms with Gasteiger partial charge in [-0.25, -0.2) is 4.68 Å². The molecule has 27 heavy (non-hydrogen) atoms. The number of nitrogens with zero attached hydrogens (tertiary/aromatic N) is 3. The van der Waals surface area contributed by atoms with Crippen LogP contribution in [0.25, 0.3) is 28.3 Å². The number of aromatic nitrogens is 2. The number of benzene rings is 2. The molecule has 0 N–H and O–H groups in total. The summed E-state index contributed by atoms with van der Waals surface area (Å²) >= 11 is 0. The number of carbonyl (C=O) groups excluding carboxylic acids is 1. The normalized spacial score (nSPS) is 10.7. The number of rotatable bonds is 5. The lowest BCUT2D eigenvalue weighted by Gasteiger charge is -2.04. The fourth-order valence-electron chi connectivity index (χ4n) is 2.79. The molecule has 0 aliphatic heterocycles. The largest absolute Gasteiger partial charge is 0.433 e. The lowest BCUT2D eigenvalue weighted by molar-refractivity contribution is -0.401. The van der Waals surface area contributed by atoms with Crippen LogP contribution in [-0.2, 0) is 0 Å². The molecule has 2 heterocycles. The lowest BCUT2D eigenvalue weighted by atomic mass is 10.1. The van der Waals surface area contributed by atoms with Crippen LogP contribution in [0.15, 0.2) is 77.3 Å². The second-order valence-corrected chi connectivity index (χ2v) is 5.80. The number of carbonyl (C=O) groups is 1. The van der Waals surface area contributed by atoms with Crippen LogP contribution in [0.3, 0.4) is 0 Å². The Kier molecular flexibility index (Phi) is 4.10. The molecule has 0 saturated heterocycles. The lowest BCUT2D eigenvalue weighted by Crippen LogP contribution is -1.94. The van der Waals surface area contributed by atoms with Crippen LogP contribution in [0, 0.1) is 10.1 Å².